The molecule has 12 heavy (non-hydrogen) atoms. The second kappa shape index (κ2) is 4.60. The summed E-state index contributed by atoms with van der Waals surface area (Å²) in [6.45, 7) is 0.507. The van der Waals surface area contributed by atoms with Crippen LogP contribution < -0.4 is 5.73 Å². The number of hydrogen-bond donors (Lipinski definition) is 1. The molecule has 0 saturated carbocycles. The Kier molecular flexibility index (Phi) is 3.72. The third-order valence-corrected chi connectivity index (χ3v) is 2.21. The molecule has 0 heterocycles. The molecule has 1 atom stereocenters. The largest absolute Gasteiger partial charge is 0.375 e. The first-order valence-electron chi connectivity index (χ1n) is 3.76. The van der Waals surface area contributed by atoms with E-state index in [1.807, 2.05) is 24.3 Å². The molecule has 0 saturated heterocycles. The molecule has 0 aliphatic carbocycles. The van der Waals surface area contributed by atoms with Crippen molar-refractivity contribution in [2.24, 2.45) is 5.73 Å². The summed E-state index contributed by atoms with van der Waals surface area (Å²) in [4.78, 5) is 0. The van der Waals surface area contributed by atoms with Gasteiger partial charge < -0.3 is 10.5 Å². The van der Waals surface area contributed by atoms with Crippen LogP contribution in [0, 0.1) is 0 Å². The van der Waals surface area contributed by atoms with Crippen LogP contribution in [0.5, 0.6) is 0 Å². The van der Waals surface area contributed by atoms with Crippen molar-refractivity contribution < 1.29 is 4.74 Å². The van der Waals surface area contributed by atoms with Crippen LogP contribution in [0.4, 0.5) is 0 Å². The molecule has 3 heteroatoms. The minimum Gasteiger partial charge on any atom is -0.375 e. The lowest BCUT2D eigenvalue weighted by atomic mass is 10.1. The first-order valence-corrected chi connectivity index (χ1v) is 4.55. The van der Waals surface area contributed by atoms with Crippen LogP contribution in [0.3, 0.4) is 0 Å². The summed E-state index contributed by atoms with van der Waals surface area (Å²) < 4.78 is 6.25. The molecule has 0 amide bonds. The molecular weight excluding hydrogens is 218 g/mol. The van der Waals surface area contributed by atoms with E-state index in [1.165, 1.54) is 0 Å². The maximum absolute atomic E-state index is 5.53. The number of halogens is 1. The zero-order valence-corrected chi connectivity index (χ0v) is 8.54. The summed E-state index contributed by atoms with van der Waals surface area (Å²) in [5, 5.41) is 0. The van der Waals surface area contributed by atoms with E-state index < -0.39 is 0 Å². The van der Waals surface area contributed by atoms with Crippen molar-refractivity contribution in [1.82, 2.24) is 0 Å². The van der Waals surface area contributed by atoms with Crippen molar-refractivity contribution in [1.29, 1.82) is 0 Å². The topological polar surface area (TPSA) is 35.2 Å². The third kappa shape index (κ3) is 2.30. The Hall–Kier alpha value is -0.380. The quantitative estimate of drug-likeness (QED) is 0.862. The zero-order chi connectivity index (χ0) is 8.97. The second-order valence-corrected chi connectivity index (χ2v) is 3.43. The first kappa shape index (κ1) is 9.71. The van der Waals surface area contributed by atoms with E-state index in [0.717, 1.165) is 10.0 Å². The van der Waals surface area contributed by atoms with E-state index in [1.54, 1.807) is 7.11 Å². The van der Waals surface area contributed by atoms with Crippen molar-refractivity contribution >= 4 is 15.9 Å². The van der Waals surface area contributed by atoms with E-state index in [4.69, 9.17) is 10.5 Å². The average molecular weight is 230 g/mol. The van der Waals surface area contributed by atoms with Gasteiger partial charge in [-0.2, -0.15) is 0 Å². The van der Waals surface area contributed by atoms with E-state index in [-0.39, 0.29) is 6.10 Å². The van der Waals surface area contributed by atoms with Gasteiger partial charge in [-0.25, -0.2) is 0 Å². The zero-order valence-electron chi connectivity index (χ0n) is 6.96. The van der Waals surface area contributed by atoms with Crippen molar-refractivity contribution in [3.63, 3.8) is 0 Å². The van der Waals surface area contributed by atoms with Gasteiger partial charge in [-0.05, 0) is 17.7 Å². The minimum atomic E-state index is 0.00231. The highest BCUT2D eigenvalue weighted by Gasteiger charge is 2.06. The molecule has 0 radical (unpaired) electrons. The summed E-state index contributed by atoms with van der Waals surface area (Å²) in [7, 11) is 1.67. The lowest BCUT2D eigenvalue weighted by Crippen LogP contribution is -2.13. The number of hydrogen-bond acceptors (Lipinski definition) is 2. The van der Waals surface area contributed by atoms with Crippen LogP contribution >= 0.6 is 15.9 Å². The molecule has 1 aromatic carbocycles. The Morgan fingerprint density at radius 2 is 2.33 bits per heavy atom. The molecule has 0 aliphatic heterocycles. The van der Waals surface area contributed by atoms with Gasteiger partial charge in [0, 0.05) is 18.1 Å². The molecule has 0 bridgehead atoms. The lowest BCUT2D eigenvalue weighted by molar-refractivity contribution is 0.110. The fraction of sp³-hybridized carbons (Fsp3) is 0.333. The first-order chi connectivity index (χ1) is 5.77. The summed E-state index contributed by atoms with van der Waals surface area (Å²) in [6.07, 6.45) is 0.00231. The molecule has 2 N–H and O–H groups in total. The molecule has 0 fully saturated rings. The van der Waals surface area contributed by atoms with Crippen molar-refractivity contribution in [3.8, 4) is 0 Å². The molecule has 1 unspecified atom stereocenters. The predicted molar refractivity (Wildman–Crippen MR) is 52.9 cm³/mol. The van der Waals surface area contributed by atoms with Crippen LogP contribution in [0.25, 0.3) is 0 Å². The molecule has 0 aromatic heterocycles. The molecule has 1 aromatic rings. The van der Waals surface area contributed by atoms with E-state index >= 15 is 0 Å². The maximum atomic E-state index is 5.53. The van der Waals surface area contributed by atoms with E-state index in [9.17, 15) is 0 Å². The Bertz CT molecular complexity index is 248. The van der Waals surface area contributed by atoms with Crippen molar-refractivity contribution in [2.75, 3.05) is 13.7 Å². The fourth-order valence-corrected chi connectivity index (χ4v) is 1.49. The Morgan fingerprint density at radius 3 is 2.83 bits per heavy atom. The fourth-order valence-electron chi connectivity index (χ4n) is 1.08. The number of ether oxygens (including phenoxy) is 1. The highest BCUT2D eigenvalue weighted by Crippen LogP contribution is 2.19. The van der Waals surface area contributed by atoms with E-state index in [0.29, 0.717) is 6.54 Å². The summed E-state index contributed by atoms with van der Waals surface area (Å²) in [5.41, 5.74) is 6.63. The Morgan fingerprint density at radius 1 is 1.58 bits per heavy atom. The smallest absolute Gasteiger partial charge is 0.0943 e. The molecule has 0 spiro atoms. The van der Waals surface area contributed by atoms with Gasteiger partial charge >= 0.3 is 0 Å². The number of methoxy groups -OCH3 is 1. The Labute approximate surface area is 80.8 Å². The molecule has 66 valence electrons. The van der Waals surface area contributed by atoms with Gasteiger partial charge in [-0.3, -0.25) is 0 Å². The number of nitrogens with two attached hydrogens (primary N) is 1. The van der Waals surface area contributed by atoms with Crippen LogP contribution in [-0.4, -0.2) is 13.7 Å². The van der Waals surface area contributed by atoms with Crippen LogP contribution in [0.15, 0.2) is 28.7 Å². The van der Waals surface area contributed by atoms with Gasteiger partial charge in [0.1, 0.15) is 0 Å². The Balaban J connectivity index is 2.85. The third-order valence-electron chi connectivity index (χ3n) is 1.72. The minimum absolute atomic E-state index is 0.00231. The summed E-state index contributed by atoms with van der Waals surface area (Å²) in [6, 6.07) is 7.97. The molecular formula is C9H12BrNO. The highest BCUT2D eigenvalue weighted by molar-refractivity contribution is 9.10. The molecule has 1 rings (SSSR count). The molecule has 0 aliphatic rings. The summed E-state index contributed by atoms with van der Waals surface area (Å²) >= 11 is 3.39. The highest BCUT2D eigenvalue weighted by atomic mass is 79.9. The van der Waals surface area contributed by atoms with Crippen LogP contribution in [-0.2, 0) is 4.74 Å². The number of rotatable bonds is 3. The molecule has 2 nitrogen and oxygen atoms in total. The van der Waals surface area contributed by atoms with Gasteiger partial charge in [-0.1, -0.05) is 28.1 Å². The predicted octanol–water partition coefficient (Wildman–Crippen LogP) is 2.10. The van der Waals surface area contributed by atoms with E-state index in [2.05, 4.69) is 15.9 Å². The summed E-state index contributed by atoms with van der Waals surface area (Å²) in [5.74, 6) is 0. The standard InChI is InChI=1S/C9H12BrNO/c1-12-9(6-11)7-3-2-4-8(10)5-7/h2-5,9H,6,11H2,1H3. The second-order valence-electron chi connectivity index (χ2n) is 2.52. The monoisotopic (exact) mass is 229 g/mol. The normalized spacial score (nSPS) is 12.9. The lowest BCUT2D eigenvalue weighted by Gasteiger charge is -2.12. The van der Waals surface area contributed by atoms with Gasteiger partial charge in [0.15, 0.2) is 0 Å². The van der Waals surface area contributed by atoms with Crippen LogP contribution in [0.1, 0.15) is 11.7 Å². The van der Waals surface area contributed by atoms with Crippen molar-refractivity contribution in [3.05, 3.63) is 34.3 Å². The van der Waals surface area contributed by atoms with Gasteiger partial charge in [0.2, 0.25) is 0 Å². The van der Waals surface area contributed by atoms with Gasteiger partial charge in [0.25, 0.3) is 0 Å². The van der Waals surface area contributed by atoms with Crippen molar-refractivity contribution in [2.45, 2.75) is 6.10 Å². The number of benzene rings is 1. The maximum Gasteiger partial charge on any atom is 0.0943 e. The van der Waals surface area contributed by atoms with Gasteiger partial charge in [0.05, 0.1) is 6.10 Å². The van der Waals surface area contributed by atoms with Gasteiger partial charge in [-0.15, -0.1) is 0 Å². The van der Waals surface area contributed by atoms with Crippen LogP contribution in [0.2, 0.25) is 0 Å². The average Bonchev–Trinajstić information content (AvgIpc) is 2.07. The SMILES string of the molecule is COC(CN)c1cccc(Br)c1.